The average molecular weight is 260 g/mol. The Labute approximate surface area is 115 Å². The zero-order chi connectivity index (χ0) is 13.1. The van der Waals surface area contributed by atoms with Crippen LogP contribution in [0.5, 0.6) is 0 Å². The van der Waals surface area contributed by atoms with Crippen LogP contribution in [0, 0.1) is 0 Å². The molecular formula is C16H24N2O. The third-order valence-corrected chi connectivity index (χ3v) is 4.56. The molecule has 1 aromatic rings. The number of methoxy groups -OCH3 is 1. The van der Waals surface area contributed by atoms with Crippen LogP contribution in [-0.4, -0.2) is 43.8 Å². The maximum atomic E-state index is 5.40. The molecule has 0 radical (unpaired) electrons. The lowest BCUT2D eigenvalue weighted by Gasteiger charge is -2.27. The Balaban J connectivity index is 1.68. The number of hydrogen-bond donors (Lipinski definition) is 1. The van der Waals surface area contributed by atoms with Crippen molar-refractivity contribution in [3.63, 3.8) is 0 Å². The van der Waals surface area contributed by atoms with Crippen LogP contribution in [-0.2, 0) is 4.74 Å². The Bertz CT molecular complexity index is 395. The molecule has 3 nitrogen and oxygen atoms in total. The Hall–Kier alpha value is -0.900. The minimum atomic E-state index is 0.316. The van der Waals surface area contributed by atoms with Gasteiger partial charge in [-0.25, -0.2) is 0 Å². The van der Waals surface area contributed by atoms with Gasteiger partial charge in [0.1, 0.15) is 0 Å². The number of fused-ring (bicyclic) bond motifs is 1. The van der Waals surface area contributed by atoms with Crippen LogP contribution >= 0.6 is 0 Å². The lowest BCUT2D eigenvalue weighted by Crippen LogP contribution is -2.42. The average Bonchev–Trinajstić information content (AvgIpc) is 3.04. The molecule has 0 bridgehead atoms. The number of benzene rings is 1. The van der Waals surface area contributed by atoms with Crippen LogP contribution in [0.15, 0.2) is 30.3 Å². The molecule has 2 fully saturated rings. The van der Waals surface area contributed by atoms with Crippen molar-refractivity contribution >= 4 is 0 Å². The Morgan fingerprint density at radius 2 is 2.11 bits per heavy atom. The number of nitrogens with zero attached hydrogens (tertiary/aromatic N) is 1. The van der Waals surface area contributed by atoms with E-state index in [1.54, 1.807) is 7.11 Å². The topological polar surface area (TPSA) is 24.5 Å². The van der Waals surface area contributed by atoms with E-state index >= 15 is 0 Å². The summed E-state index contributed by atoms with van der Waals surface area (Å²) < 4.78 is 5.40. The normalized spacial score (nSPS) is 28.5. The van der Waals surface area contributed by atoms with Crippen LogP contribution in [0.2, 0.25) is 0 Å². The molecule has 1 aromatic carbocycles. The van der Waals surface area contributed by atoms with Gasteiger partial charge in [0.15, 0.2) is 0 Å². The van der Waals surface area contributed by atoms with E-state index in [4.69, 9.17) is 4.74 Å². The van der Waals surface area contributed by atoms with E-state index in [0.717, 1.165) is 12.6 Å². The van der Waals surface area contributed by atoms with Crippen molar-refractivity contribution in [3.05, 3.63) is 35.9 Å². The molecule has 0 spiro atoms. The lowest BCUT2D eigenvalue weighted by molar-refractivity contribution is 0.156. The van der Waals surface area contributed by atoms with Crippen molar-refractivity contribution in [3.8, 4) is 0 Å². The number of rotatable bonds is 5. The van der Waals surface area contributed by atoms with Gasteiger partial charge in [0.05, 0.1) is 12.6 Å². The quantitative estimate of drug-likeness (QED) is 0.878. The molecule has 0 aliphatic carbocycles. The molecule has 2 heterocycles. The summed E-state index contributed by atoms with van der Waals surface area (Å²) in [5.74, 6) is 0. The van der Waals surface area contributed by atoms with E-state index in [0.29, 0.717) is 12.1 Å². The van der Waals surface area contributed by atoms with Gasteiger partial charge in [0.2, 0.25) is 0 Å². The lowest BCUT2D eigenvalue weighted by atomic mass is 10.0. The first-order valence-corrected chi connectivity index (χ1v) is 7.42. The van der Waals surface area contributed by atoms with Crippen LogP contribution in [0.1, 0.15) is 30.9 Å². The highest BCUT2D eigenvalue weighted by molar-refractivity contribution is 5.19. The van der Waals surface area contributed by atoms with Gasteiger partial charge >= 0.3 is 0 Å². The zero-order valence-electron chi connectivity index (χ0n) is 11.7. The predicted octanol–water partition coefficient (Wildman–Crippen LogP) is 2.20. The molecule has 3 atom stereocenters. The van der Waals surface area contributed by atoms with Crippen molar-refractivity contribution in [1.29, 1.82) is 0 Å². The molecule has 19 heavy (non-hydrogen) atoms. The van der Waals surface area contributed by atoms with Crippen molar-refractivity contribution in [1.82, 2.24) is 10.2 Å². The van der Waals surface area contributed by atoms with Gasteiger partial charge in [-0.2, -0.15) is 0 Å². The second kappa shape index (κ2) is 6.04. The van der Waals surface area contributed by atoms with Crippen molar-refractivity contribution in [2.75, 3.05) is 26.8 Å². The van der Waals surface area contributed by atoms with Gasteiger partial charge in [-0.1, -0.05) is 30.3 Å². The van der Waals surface area contributed by atoms with Crippen molar-refractivity contribution in [2.45, 2.75) is 37.4 Å². The molecule has 3 rings (SSSR count). The highest BCUT2D eigenvalue weighted by atomic mass is 16.5. The maximum Gasteiger partial charge on any atom is 0.0657 e. The van der Waals surface area contributed by atoms with Crippen LogP contribution in [0.3, 0.4) is 0 Å². The number of hydrogen-bond acceptors (Lipinski definition) is 3. The summed E-state index contributed by atoms with van der Waals surface area (Å²) in [5, 5.41) is 3.84. The molecule has 2 aliphatic heterocycles. The van der Waals surface area contributed by atoms with Gasteiger partial charge in [-0.05, 0) is 31.4 Å². The van der Waals surface area contributed by atoms with Crippen LogP contribution < -0.4 is 5.32 Å². The second-order valence-electron chi connectivity index (χ2n) is 5.73. The first kappa shape index (κ1) is 13.1. The van der Waals surface area contributed by atoms with Crippen molar-refractivity contribution in [2.24, 2.45) is 0 Å². The van der Waals surface area contributed by atoms with Crippen LogP contribution in [0.25, 0.3) is 0 Å². The molecule has 2 aliphatic rings. The molecule has 3 heteroatoms. The fourth-order valence-electron chi connectivity index (χ4n) is 3.63. The van der Waals surface area contributed by atoms with Gasteiger partial charge in [0.25, 0.3) is 0 Å². The van der Waals surface area contributed by atoms with Crippen molar-refractivity contribution < 1.29 is 4.74 Å². The summed E-state index contributed by atoms with van der Waals surface area (Å²) in [4.78, 5) is 2.65. The highest BCUT2D eigenvalue weighted by Crippen LogP contribution is 2.29. The fourth-order valence-corrected chi connectivity index (χ4v) is 3.63. The molecule has 0 aromatic heterocycles. The molecule has 2 saturated heterocycles. The Kier molecular flexibility index (Phi) is 4.16. The smallest absolute Gasteiger partial charge is 0.0657 e. The molecule has 1 N–H and O–H groups in total. The minimum Gasteiger partial charge on any atom is -0.383 e. The third-order valence-electron chi connectivity index (χ3n) is 4.56. The van der Waals surface area contributed by atoms with Crippen LogP contribution in [0.4, 0.5) is 0 Å². The third kappa shape index (κ3) is 2.83. The summed E-state index contributed by atoms with van der Waals surface area (Å²) in [5.41, 5.74) is 1.33. The minimum absolute atomic E-state index is 0.316. The first-order valence-electron chi connectivity index (χ1n) is 7.42. The fraction of sp³-hybridized carbons (Fsp3) is 0.625. The Morgan fingerprint density at radius 3 is 2.89 bits per heavy atom. The van der Waals surface area contributed by atoms with E-state index in [1.807, 2.05) is 0 Å². The van der Waals surface area contributed by atoms with E-state index in [2.05, 4.69) is 40.5 Å². The molecule has 0 amide bonds. The van der Waals surface area contributed by atoms with Gasteiger partial charge in [-0.15, -0.1) is 0 Å². The zero-order valence-corrected chi connectivity index (χ0v) is 11.7. The highest BCUT2D eigenvalue weighted by Gasteiger charge is 2.37. The second-order valence-corrected chi connectivity index (χ2v) is 5.73. The molecule has 3 unspecified atom stereocenters. The monoisotopic (exact) mass is 260 g/mol. The maximum absolute atomic E-state index is 5.40. The summed E-state index contributed by atoms with van der Waals surface area (Å²) in [6.07, 6.45) is 3.99. The summed E-state index contributed by atoms with van der Waals surface area (Å²) in [6.45, 7) is 3.30. The van der Waals surface area contributed by atoms with Gasteiger partial charge in [-0.3, -0.25) is 4.90 Å². The SMILES string of the molecule is COCC(NC1CCN2CCCC12)c1ccccc1. The van der Waals surface area contributed by atoms with Gasteiger partial charge < -0.3 is 10.1 Å². The summed E-state index contributed by atoms with van der Waals surface area (Å²) >= 11 is 0. The number of nitrogens with one attached hydrogen (secondary N) is 1. The summed E-state index contributed by atoms with van der Waals surface area (Å²) in [6, 6.07) is 12.4. The largest absolute Gasteiger partial charge is 0.383 e. The summed E-state index contributed by atoms with van der Waals surface area (Å²) in [7, 11) is 1.79. The van der Waals surface area contributed by atoms with E-state index < -0.39 is 0 Å². The molecule has 0 saturated carbocycles. The molecular weight excluding hydrogens is 236 g/mol. The molecule has 104 valence electrons. The standard InChI is InChI=1S/C16H24N2O/c1-19-12-15(13-6-3-2-4-7-13)17-14-9-11-18-10-5-8-16(14)18/h2-4,6-7,14-17H,5,8-12H2,1H3. The van der Waals surface area contributed by atoms with E-state index in [9.17, 15) is 0 Å². The first-order chi connectivity index (χ1) is 9.38. The Morgan fingerprint density at radius 1 is 1.26 bits per heavy atom. The predicted molar refractivity (Wildman–Crippen MR) is 77.2 cm³/mol. The van der Waals surface area contributed by atoms with E-state index in [-0.39, 0.29) is 0 Å². The number of ether oxygens (including phenoxy) is 1. The van der Waals surface area contributed by atoms with E-state index in [1.165, 1.54) is 37.9 Å². The van der Waals surface area contributed by atoms with Gasteiger partial charge in [0, 0.05) is 25.7 Å².